The van der Waals surface area contributed by atoms with Crippen LogP contribution in [-0.2, 0) is 29.7 Å². The van der Waals surface area contributed by atoms with Crippen LogP contribution in [0.4, 0.5) is 0 Å². The fourth-order valence-electron chi connectivity index (χ4n) is 1.41. The van der Waals surface area contributed by atoms with Crippen molar-refractivity contribution >= 4 is 20.2 Å². The van der Waals surface area contributed by atoms with Gasteiger partial charge in [0.1, 0.15) is 0 Å². The van der Waals surface area contributed by atoms with Crippen LogP contribution in [0.15, 0.2) is 0 Å². The average molecular weight is 362 g/mol. The highest BCUT2D eigenvalue weighted by molar-refractivity contribution is 7.86. The molecule has 10 heteroatoms. The number of ether oxygens (including phenoxy) is 2. The molecule has 2 atom stereocenters. The monoisotopic (exact) mass is 362 g/mol. The lowest BCUT2D eigenvalue weighted by molar-refractivity contribution is 0.100. The molecule has 22 heavy (non-hydrogen) atoms. The average Bonchev–Trinajstić information content (AvgIpc) is 2.38. The van der Waals surface area contributed by atoms with Crippen molar-refractivity contribution in [2.75, 3.05) is 26.4 Å². The molecule has 8 nitrogen and oxygen atoms in total. The first kappa shape index (κ1) is 21.7. The standard InChI is InChI=1S/C12H26O8S2/c1-11(21(13,14)15)5-9-19-7-3-4-8-20-10-6-12(2)22(16,17)18/h11-12H,3-10H2,1-2H3,(H,13,14,15)(H,16,17,18). The van der Waals surface area contributed by atoms with E-state index in [-0.39, 0.29) is 26.1 Å². The zero-order valence-electron chi connectivity index (χ0n) is 13.0. The van der Waals surface area contributed by atoms with Crippen molar-refractivity contribution < 1.29 is 35.4 Å². The van der Waals surface area contributed by atoms with Crippen LogP contribution in [-0.4, -0.2) is 62.9 Å². The molecular formula is C12H26O8S2. The fourth-order valence-corrected chi connectivity index (χ4v) is 2.20. The van der Waals surface area contributed by atoms with Crippen LogP contribution in [0.2, 0.25) is 0 Å². The molecule has 2 N–H and O–H groups in total. The Kier molecular flexibility index (Phi) is 10.4. The highest BCUT2D eigenvalue weighted by Gasteiger charge is 2.17. The van der Waals surface area contributed by atoms with Crippen molar-refractivity contribution in [3.05, 3.63) is 0 Å². The molecule has 0 spiro atoms. The van der Waals surface area contributed by atoms with E-state index >= 15 is 0 Å². The normalized spacial score (nSPS) is 15.6. The first-order chi connectivity index (χ1) is 10.0. The van der Waals surface area contributed by atoms with Gasteiger partial charge in [0.25, 0.3) is 20.2 Å². The zero-order chi connectivity index (χ0) is 17.2. The molecule has 0 rings (SSSR count). The SMILES string of the molecule is CC(CCOCCCCOCCC(C)S(=O)(=O)O)S(=O)(=O)O. The summed E-state index contributed by atoms with van der Waals surface area (Å²) < 4.78 is 70.9. The molecule has 134 valence electrons. The van der Waals surface area contributed by atoms with Crippen molar-refractivity contribution in [2.24, 2.45) is 0 Å². The van der Waals surface area contributed by atoms with E-state index in [1.165, 1.54) is 13.8 Å². The zero-order valence-corrected chi connectivity index (χ0v) is 14.6. The van der Waals surface area contributed by atoms with Gasteiger partial charge in [-0.05, 0) is 39.5 Å². The molecule has 0 bridgehead atoms. The Labute approximate surface area is 132 Å². The van der Waals surface area contributed by atoms with Gasteiger partial charge in [0.2, 0.25) is 0 Å². The second kappa shape index (κ2) is 10.5. The molecule has 0 radical (unpaired) electrons. The lowest BCUT2D eigenvalue weighted by atomic mass is 10.3. The Bertz CT molecular complexity index is 439. The van der Waals surface area contributed by atoms with Crippen LogP contribution in [0.1, 0.15) is 39.5 Å². The number of hydrogen-bond acceptors (Lipinski definition) is 6. The van der Waals surface area contributed by atoms with Crippen molar-refractivity contribution in [3.8, 4) is 0 Å². The molecule has 0 aliphatic rings. The highest BCUT2D eigenvalue weighted by Crippen LogP contribution is 2.05. The Balaban J connectivity index is 3.42. The molecule has 0 aromatic heterocycles. The van der Waals surface area contributed by atoms with Gasteiger partial charge in [-0.15, -0.1) is 0 Å². The molecule has 0 saturated heterocycles. The van der Waals surface area contributed by atoms with Crippen molar-refractivity contribution in [3.63, 3.8) is 0 Å². The van der Waals surface area contributed by atoms with E-state index in [0.717, 1.165) is 12.8 Å². The Morgan fingerprint density at radius 2 is 1.05 bits per heavy atom. The second-order valence-corrected chi connectivity index (χ2v) is 8.83. The predicted molar refractivity (Wildman–Crippen MR) is 82.1 cm³/mol. The first-order valence-electron chi connectivity index (χ1n) is 7.13. The first-order valence-corrected chi connectivity index (χ1v) is 10.1. The van der Waals surface area contributed by atoms with E-state index in [1.807, 2.05) is 0 Å². The molecule has 0 aromatic rings. The summed E-state index contributed by atoms with van der Waals surface area (Å²) in [6, 6.07) is 0. The summed E-state index contributed by atoms with van der Waals surface area (Å²) in [6.07, 6.45) is 1.94. The number of unbranched alkanes of at least 4 members (excludes halogenated alkanes) is 1. The molecule has 0 saturated carbocycles. The van der Waals surface area contributed by atoms with Crippen LogP contribution in [0, 0.1) is 0 Å². The van der Waals surface area contributed by atoms with Gasteiger partial charge < -0.3 is 9.47 Å². The smallest absolute Gasteiger partial charge is 0.267 e. The van der Waals surface area contributed by atoms with Gasteiger partial charge >= 0.3 is 0 Å². The summed E-state index contributed by atoms with van der Waals surface area (Å²) in [5.74, 6) is 0. The maximum Gasteiger partial charge on any atom is 0.267 e. The van der Waals surface area contributed by atoms with E-state index in [2.05, 4.69) is 0 Å². The summed E-state index contributed by atoms with van der Waals surface area (Å²) in [6.45, 7) is 4.27. The van der Waals surface area contributed by atoms with Gasteiger partial charge in [0.05, 0.1) is 10.5 Å². The minimum atomic E-state index is -3.99. The topological polar surface area (TPSA) is 127 Å². The molecule has 0 heterocycles. The summed E-state index contributed by atoms with van der Waals surface area (Å²) in [5.41, 5.74) is 0. The van der Waals surface area contributed by atoms with Crippen LogP contribution in [0.25, 0.3) is 0 Å². The van der Waals surface area contributed by atoms with Crippen LogP contribution >= 0.6 is 0 Å². The predicted octanol–water partition coefficient (Wildman–Crippen LogP) is 1.13. The van der Waals surface area contributed by atoms with Gasteiger partial charge in [0.15, 0.2) is 0 Å². The summed E-state index contributed by atoms with van der Waals surface area (Å²) in [7, 11) is -7.98. The molecule has 0 aliphatic heterocycles. The van der Waals surface area contributed by atoms with E-state index < -0.39 is 30.7 Å². The summed E-state index contributed by atoms with van der Waals surface area (Å²) in [4.78, 5) is 0. The van der Waals surface area contributed by atoms with Gasteiger partial charge in [-0.25, -0.2) is 0 Å². The van der Waals surface area contributed by atoms with E-state index in [9.17, 15) is 16.8 Å². The third-order valence-electron chi connectivity index (χ3n) is 3.18. The Morgan fingerprint density at radius 1 is 0.727 bits per heavy atom. The molecule has 0 fully saturated rings. The molecule has 0 aromatic carbocycles. The van der Waals surface area contributed by atoms with Crippen LogP contribution in [0.5, 0.6) is 0 Å². The largest absolute Gasteiger partial charge is 0.381 e. The quantitative estimate of drug-likeness (QED) is 0.369. The van der Waals surface area contributed by atoms with E-state index in [4.69, 9.17) is 18.6 Å². The minimum absolute atomic E-state index is 0.239. The summed E-state index contributed by atoms with van der Waals surface area (Å²) in [5, 5.41) is -1.67. The maximum atomic E-state index is 10.7. The Hall–Kier alpha value is -0.260. The van der Waals surface area contributed by atoms with Crippen LogP contribution in [0.3, 0.4) is 0 Å². The highest BCUT2D eigenvalue weighted by atomic mass is 32.2. The third-order valence-corrected chi connectivity index (χ3v) is 5.69. The van der Waals surface area contributed by atoms with Gasteiger partial charge in [-0.1, -0.05) is 0 Å². The minimum Gasteiger partial charge on any atom is -0.381 e. The molecular weight excluding hydrogens is 336 g/mol. The summed E-state index contributed by atoms with van der Waals surface area (Å²) >= 11 is 0. The molecule has 2 unspecified atom stereocenters. The van der Waals surface area contributed by atoms with Crippen molar-refractivity contribution in [2.45, 2.75) is 50.0 Å². The number of rotatable bonds is 13. The van der Waals surface area contributed by atoms with Crippen LogP contribution < -0.4 is 0 Å². The van der Waals surface area contributed by atoms with E-state index in [1.54, 1.807) is 0 Å². The van der Waals surface area contributed by atoms with E-state index in [0.29, 0.717) is 13.2 Å². The third kappa shape index (κ3) is 11.3. The fraction of sp³-hybridized carbons (Fsp3) is 1.00. The van der Waals surface area contributed by atoms with Gasteiger partial charge in [0, 0.05) is 26.4 Å². The number of hydrogen-bond donors (Lipinski definition) is 2. The maximum absolute atomic E-state index is 10.7. The van der Waals surface area contributed by atoms with Gasteiger partial charge in [-0.3, -0.25) is 9.11 Å². The molecule has 0 aliphatic carbocycles. The lowest BCUT2D eigenvalue weighted by Gasteiger charge is -2.09. The molecule has 0 amide bonds. The Morgan fingerprint density at radius 3 is 1.32 bits per heavy atom. The second-order valence-electron chi connectivity index (χ2n) is 5.16. The van der Waals surface area contributed by atoms with Crippen molar-refractivity contribution in [1.29, 1.82) is 0 Å². The lowest BCUT2D eigenvalue weighted by Crippen LogP contribution is -2.19. The van der Waals surface area contributed by atoms with Crippen molar-refractivity contribution in [1.82, 2.24) is 0 Å². The van der Waals surface area contributed by atoms with Gasteiger partial charge in [-0.2, -0.15) is 16.8 Å².